The number of rotatable bonds is 8. The molecular formula is C28H38N2O3. The molecular weight excluding hydrogens is 412 g/mol. The number of benzene rings is 2. The van der Waals surface area contributed by atoms with Crippen molar-refractivity contribution in [1.29, 1.82) is 0 Å². The van der Waals surface area contributed by atoms with Crippen LogP contribution in [0.25, 0.3) is 0 Å². The van der Waals surface area contributed by atoms with Crippen molar-refractivity contribution in [2.45, 2.75) is 50.5 Å². The van der Waals surface area contributed by atoms with Crippen molar-refractivity contribution in [3.63, 3.8) is 0 Å². The maximum absolute atomic E-state index is 6.24. The van der Waals surface area contributed by atoms with E-state index >= 15 is 0 Å². The van der Waals surface area contributed by atoms with Crippen LogP contribution in [-0.2, 0) is 0 Å². The molecule has 2 aromatic carbocycles. The van der Waals surface area contributed by atoms with E-state index in [0.29, 0.717) is 12.0 Å². The van der Waals surface area contributed by atoms with Crippen molar-refractivity contribution in [3.8, 4) is 17.2 Å². The Morgan fingerprint density at radius 3 is 2.45 bits per heavy atom. The van der Waals surface area contributed by atoms with Crippen LogP contribution in [-0.4, -0.2) is 63.4 Å². The molecule has 5 heteroatoms. The highest BCUT2D eigenvalue weighted by molar-refractivity contribution is 5.51. The second kappa shape index (κ2) is 10.4. The molecule has 5 rings (SSSR count). The molecule has 0 unspecified atom stereocenters. The van der Waals surface area contributed by atoms with E-state index in [4.69, 9.17) is 14.2 Å². The minimum atomic E-state index is 0.295. The highest BCUT2D eigenvalue weighted by Gasteiger charge is 2.37. The lowest BCUT2D eigenvalue weighted by atomic mass is 9.81. The monoisotopic (exact) mass is 450 g/mol. The molecule has 2 saturated heterocycles. The Morgan fingerprint density at radius 2 is 1.64 bits per heavy atom. The first-order valence-electron chi connectivity index (χ1n) is 12.7. The minimum Gasteiger partial charge on any atom is -0.497 e. The molecule has 5 nitrogen and oxygen atoms in total. The normalized spacial score (nSPS) is 23.1. The lowest BCUT2D eigenvalue weighted by molar-refractivity contribution is 0.204. The summed E-state index contributed by atoms with van der Waals surface area (Å²) in [5.74, 6) is 3.05. The Morgan fingerprint density at radius 1 is 0.818 bits per heavy atom. The molecule has 33 heavy (non-hydrogen) atoms. The van der Waals surface area contributed by atoms with E-state index in [0.717, 1.165) is 43.4 Å². The maximum Gasteiger partial charge on any atom is 0.126 e. The second-order valence-corrected chi connectivity index (χ2v) is 9.71. The van der Waals surface area contributed by atoms with Gasteiger partial charge < -0.3 is 19.1 Å². The summed E-state index contributed by atoms with van der Waals surface area (Å²) in [7, 11) is 3.45. The molecule has 0 bridgehead atoms. The molecule has 0 aromatic heterocycles. The van der Waals surface area contributed by atoms with E-state index in [2.05, 4.69) is 34.1 Å². The molecule has 0 aliphatic carbocycles. The summed E-state index contributed by atoms with van der Waals surface area (Å²) in [6.07, 6.45) is 7.69. The summed E-state index contributed by atoms with van der Waals surface area (Å²) in [4.78, 5) is 5.24. The highest BCUT2D eigenvalue weighted by Crippen LogP contribution is 2.47. The zero-order valence-electron chi connectivity index (χ0n) is 20.2. The number of hydrogen-bond donors (Lipinski definition) is 0. The molecule has 2 atom stereocenters. The van der Waals surface area contributed by atoms with Gasteiger partial charge in [0.1, 0.15) is 17.2 Å². The lowest BCUT2D eigenvalue weighted by Gasteiger charge is -2.38. The van der Waals surface area contributed by atoms with E-state index in [-0.39, 0.29) is 0 Å². The maximum atomic E-state index is 6.24. The van der Waals surface area contributed by atoms with E-state index in [1.165, 1.54) is 68.4 Å². The Hall–Kier alpha value is -2.24. The summed E-state index contributed by atoms with van der Waals surface area (Å²) in [6, 6.07) is 13.5. The van der Waals surface area contributed by atoms with E-state index in [1.807, 2.05) is 12.1 Å². The van der Waals surface area contributed by atoms with Crippen molar-refractivity contribution in [3.05, 3.63) is 53.1 Å². The second-order valence-electron chi connectivity index (χ2n) is 9.71. The summed E-state index contributed by atoms with van der Waals surface area (Å²) in [5, 5.41) is 0. The molecule has 2 fully saturated rings. The number of likely N-dealkylation sites (tertiary alicyclic amines) is 1. The average molecular weight is 451 g/mol. The van der Waals surface area contributed by atoms with Crippen LogP contribution in [0.4, 0.5) is 0 Å². The fourth-order valence-electron chi connectivity index (χ4n) is 6.01. The van der Waals surface area contributed by atoms with Gasteiger partial charge in [-0.25, -0.2) is 0 Å². The van der Waals surface area contributed by atoms with Crippen LogP contribution in [0.15, 0.2) is 36.4 Å². The zero-order chi connectivity index (χ0) is 22.6. The summed E-state index contributed by atoms with van der Waals surface area (Å²) >= 11 is 0. The van der Waals surface area contributed by atoms with Gasteiger partial charge in [0.2, 0.25) is 0 Å². The number of piperidine rings is 1. The van der Waals surface area contributed by atoms with Crippen LogP contribution in [0.1, 0.15) is 67.2 Å². The van der Waals surface area contributed by atoms with Crippen molar-refractivity contribution < 1.29 is 14.2 Å². The molecule has 0 saturated carbocycles. The number of nitrogens with zero attached hydrogens (tertiary/aromatic N) is 2. The standard InChI is InChI=1S/C28H38N2O3/c1-31-21-9-12-24(28(19-21)32-2)26-20-30-16-6-8-27(30)25-18-22(10-11-23(25)26)33-17-7-15-29-13-4-3-5-14-29/h9-12,18-19,26-27H,3-8,13-17,20H2,1-2H3/t26-,27-/m0/s1. The predicted octanol–water partition coefficient (Wildman–Crippen LogP) is 5.24. The summed E-state index contributed by atoms with van der Waals surface area (Å²) < 4.78 is 17.4. The van der Waals surface area contributed by atoms with Crippen LogP contribution >= 0.6 is 0 Å². The van der Waals surface area contributed by atoms with E-state index < -0.39 is 0 Å². The van der Waals surface area contributed by atoms with Gasteiger partial charge in [-0.15, -0.1) is 0 Å². The largest absolute Gasteiger partial charge is 0.497 e. The van der Waals surface area contributed by atoms with Crippen molar-refractivity contribution >= 4 is 0 Å². The van der Waals surface area contributed by atoms with Gasteiger partial charge in [-0.3, -0.25) is 4.90 Å². The van der Waals surface area contributed by atoms with Gasteiger partial charge in [0.25, 0.3) is 0 Å². The van der Waals surface area contributed by atoms with E-state index in [1.54, 1.807) is 14.2 Å². The third-order valence-electron chi connectivity index (χ3n) is 7.73. The van der Waals surface area contributed by atoms with Crippen LogP contribution < -0.4 is 14.2 Å². The Kier molecular flexibility index (Phi) is 7.07. The predicted molar refractivity (Wildman–Crippen MR) is 132 cm³/mol. The van der Waals surface area contributed by atoms with Gasteiger partial charge in [-0.05, 0) is 81.1 Å². The number of ether oxygens (including phenoxy) is 3. The first-order valence-corrected chi connectivity index (χ1v) is 12.7. The van der Waals surface area contributed by atoms with Gasteiger partial charge in [-0.2, -0.15) is 0 Å². The molecule has 0 amide bonds. The molecule has 3 aliphatic rings. The number of fused-ring (bicyclic) bond motifs is 3. The van der Waals surface area contributed by atoms with Gasteiger partial charge in [0, 0.05) is 36.7 Å². The van der Waals surface area contributed by atoms with Gasteiger partial charge in [-0.1, -0.05) is 18.6 Å². The topological polar surface area (TPSA) is 34.2 Å². The SMILES string of the molecule is COc1ccc([C@H]2CN3CCC[C@H]3c3cc(OCCCN4CCCCC4)ccc32)c(OC)c1. The minimum absolute atomic E-state index is 0.295. The third-order valence-corrected chi connectivity index (χ3v) is 7.73. The molecule has 0 radical (unpaired) electrons. The molecule has 178 valence electrons. The van der Waals surface area contributed by atoms with Gasteiger partial charge in [0.15, 0.2) is 0 Å². The van der Waals surface area contributed by atoms with Gasteiger partial charge >= 0.3 is 0 Å². The fraction of sp³-hybridized carbons (Fsp3) is 0.571. The Bertz CT molecular complexity index is 941. The molecule has 3 heterocycles. The van der Waals surface area contributed by atoms with Crippen LogP contribution in [0, 0.1) is 0 Å². The quantitative estimate of drug-likeness (QED) is 0.514. The summed E-state index contributed by atoms with van der Waals surface area (Å²) in [5.41, 5.74) is 4.09. The number of methoxy groups -OCH3 is 2. The van der Waals surface area contributed by atoms with Crippen LogP contribution in [0.5, 0.6) is 17.2 Å². The molecule has 0 N–H and O–H groups in total. The fourth-order valence-corrected chi connectivity index (χ4v) is 6.01. The average Bonchev–Trinajstić information content (AvgIpc) is 3.35. The smallest absolute Gasteiger partial charge is 0.126 e. The molecule has 3 aliphatic heterocycles. The lowest BCUT2D eigenvalue weighted by Crippen LogP contribution is -2.34. The van der Waals surface area contributed by atoms with E-state index in [9.17, 15) is 0 Å². The first kappa shape index (κ1) is 22.5. The molecule has 2 aromatic rings. The highest BCUT2D eigenvalue weighted by atomic mass is 16.5. The van der Waals surface area contributed by atoms with Crippen LogP contribution in [0.3, 0.4) is 0 Å². The zero-order valence-corrected chi connectivity index (χ0v) is 20.2. The van der Waals surface area contributed by atoms with Crippen molar-refractivity contribution in [2.75, 3.05) is 53.6 Å². The van der Waals surface area contributed by atoms with Crippen LogP contribution in [0.2, 0.25) is 0 Å². The number of hydrogen-bond acceptors (Lipinski definition) is 5. The van der Waals surface area contributed by atoms with Gasteiger partial charge in [0.05, 0.1) is 20.8 Å². The Balaban J connectivity index is 1.34. The Labute approximate surface area is 198 Å². The third kappa shape index (κ3) is 4.85. The van der Waals surface area contributed by atoms with Crippen molar-refractivity contribution in [2.24, 2.45) is 0 Å². The first-order chi connectivity index (χ1) is 16.3. The summed E-state index contributed by atoms with van der Waals surface area (Å²) in [6.45, 7) is 6.66. The molecule has 0 spiro atoms. The van der Waals surface area contributed by atoms with Crippen molar-refractivity contribution in [1.82, 2.24) is 9.80 Å².